The molecule has 4 nitrogen and oxygen atoms in total. The molecule has 116 valence electrons. The Morgan fingerprint density at radius 2 is 1.95 bits per heavy atom. The maximum atomic E-state index is 13.6. The highest BCUT2D eigenvalue weighted by atomic mass is 19.1. The van der Waals surface area contributed by atoms with Crippen LogP contribution in [0.15, 0.2) is 12.1 Å². The van der Waals surface area contributed by atoms with Crippen molar-refractivity contribution >= 4 is 11.4 Å². The van der Waals surface area contributed by atoms with E-state index in [0.29, 0.717) is 12.0 Å². The fourth-order valence-electron chi connectivity index (χ4n) is 3.09. The molecule has 0 aromatic heterocycles. The lowest BCUT2D eigenvalue weighted by Gasteiger charge is -2.29. The van der Waals surface area contributed by atoms with Crippen LogP contribution in [0.1, 0.15) is 45.4 Å². The zero-order valence-electron chi connectivity index (χ0n) is 12.1. The third-order valence-electron chi connectivity index (χ3n) is 4.11. The van der Waals surface area contributed by atoms with Crippen LogP contribution in [0.4, 0.5) is 20.2 Å². The van der Waals surface area contributed by atoms with Crippen molar-refractivity contribution in [2.75, 3.05) is 5.32 Å². The second kappa shape index (κ2) is 6.83. The molecule has 1 saturated carbocycles. The highest BCUT2D eigenvalue weighted by Gasteiger charge is 2.26. The summed E-state index contributed by atoms with van der Waals surface area (Å²) in [7, 11) is 0. The molecular formula is C15H20F2N2O2. The van der Waals surface area contributed by atoms with E-state index in [2.05, 4.69) is 12.2 Å². The van der Waals surface area contributed by atoms with Gasteiger partial charge in [0.1, 0.15) is 11.5 Å². The first-order valence-electron chi connectivity index (χ1n) is 7.41. The normalized spacial score (nSPS) is 22.0. The molecule has 0 saturated heterocycles. The Balaban J connectivity index is 2.08. The zero-order chi connectivity index (χ0) is 15.4. The molecule has 1 fully saturated rings. The minimum Gasteiger partial charge on any atom is -0.377 e. The van der Waals surface area contributed by atoms with Crippen molar-refractivity contribution in [3.8, 4) is 0 Å². The Kier molecular flexibility index (Phi) is 5.09. The van der Waals surface area contributed by atoms with Gasteiger partial charge in [-0.3, -0.25) is 10.1 Å². The average Bonchev–Trinajstić information content (AvgIpc) is 2.40. The molecule has 1 aliphatic carbocycles. The molecule has 1 N–H and O–H groups in total. The van der Waals surface area contributed by atoms with Gasteiger partial charge in [-0.25, -0.2) is 4.39 Å². The van der Waals surface area contributed by atoms with Gasteiger partial charge in [-0.1, -0.05) is 19.8 Å². The molecule has 0 bridgehead atoms. The van der Waals surface area contributed by atoms with Gasteiger partial charge in [-0.05, 0) is 31.6 Å². The molecule has 0 aliphatic heterocycles. The number of nitro benzene ring substituents is 1. The number of hydrogen-bond donors (Lipinski definition) is 1. The summed E-state index contributed by atoms with van der Waals surface area (Å²) in [4.78, 5) is 10.1. The van der Waals surface area contributed by atoms with Gasteiger partial charge in [0.05, 0.1) is 4.92 Å². The Morgan fingerprint density at radius 1 is 1.29 bits per heavy atom. The SMILES string of the molecule is CCCC1CCC(Nc2cc(F)cc(F)c2[N+](=O)[O-])CC1. The van der Waals surface area contributed by atoms with Gasteiger partial charge in [-0.2, -0.15) is 4.39 Å². The molecule has 0 heterocycles. The number of hydrogen-bond acceptors (Lipinski definition) is 3. The van der Waals surface area contributed by atoms with Crippen molar-refractivity contribution in [3.63, 3.8) is 0 Å². The molecular weight excluding hydrogens is 278 g/mol. The fourth-order valence-corrected chi connectivity index (χ4v) is 3.09. The van der Waals surface area contributed by atoms with E-state index in [0.717, 1.165) is 38.2 Å². The molecule has 6 heteroatoms. The molecule has 1 aliphatic rings. The molecule has 21 heavy (non-hydrogen) atoms. The Morgan fingerprint density at radius 3 is 2.52 bits per heavy atom. The van der Waals surface area contributed by atoms with Crippen molar-refractivity contribution in [3.05, 3.63) is 33.9 Å². The van der Waals surface area contributed by atoms with Gasteiger partial charge < -0.3 is 5.32 Å². The first-order chi connectivity index (χ1) is 10.0. The van der Waals surface area contributed by atoms with Gasteiger partial charge in [0, 0.05) is 18.2 Å². The van der Waals surface area contributed by atoms with Gasteiger partial charge in [0.15, 0.2) is 0 Å². The van der Waals surface area contributed by atoms with Crippen LogP contribution in [0.5, 0.6) is 0 Å². The molecule has 0 unspecified atom stereocenters. The molecule has 0 amide bonds. The molecule has 0 radical (unpaired) electrons. The minimum absolute atomic E-state index is 0.0398. The van der Waals surface area contributed by atoms with Crippen molar-refractivity contribution < 1.29 is 13.7 Å². The lowest BCUT2D eigenvalue weighted by molar-refractivity contribution is -0.386. The summed E-state index contributed by atoms with van der Waals surface area (Å²) in [5.74, 6) is -1.24. The Hall–Kier alpha value is -1.72. The number of nitrogens with one attached hydrogen (secondary N) is 1. The predicted octanol–water partition coefficient (Wildman–Crippen LogP) is 4.64. The zero-order valence-corrected chi connectivity index (χ0v) is 12.1. The minimum atomic E-state index is -1.14. The maximum Gasteiger partial charge on any atom is 0.327 e. The third kappa shape index (κ3) is 3.89. The number of halogens is 2. The van der Waals surface area contributed by atoms with Crippen LogP contribution in [0.3, 0.4) is 0 Å². The number of nitro groups is 1. The summed E-state index contributed by atoms with van der Waals surface area (Å²) in [5, 5.41) is 13.9. The molecule has 1 aromatic rings. The second-order valence-corrected chi connectivity index (χ2v) is 5.69. The first-order valence-corrected chi connectivity index (χ1v) is 7.41. The van der Waals surface area contributed by atoms with E-state index in [-0.39, 0.29) is 11.7 Å². The summed E-state index contributed by atoms with van der Waals surface area (Å²) < 4.78 is 26.8. The van der Waals surface area contributed by atoms with E-state index in [1.807, 2.05) is 0 Å². The number of benzene rings is 1. The largest absolute Gasteiger partial charge is 0.377 e. The first kappa shape index (κ1) is 15.7. The molecule has 0 spiro atoms. The standard InChI is InChI=1S/C15H20F2N2O2/c1-2-3-10-4-6-12(7-5-10)18-14-9-11(16)8-13(17)15(14)19(20)21/h8-10,12,18H,2-7H2,1H3. The smallest absolute Gasteiger partial charge is 0.327 e. The van der Waals surface area contributed by atoms with Crippen LogP contribution in [-0.2, 0) is 0 Å². The van der Waals surface area contributed by atoms with Gasteiger partial charge >= 0.3 is 5.69 Å². The predicted molar refractivity (Wildman–Crippen MR) is 77.3 cm³/mol. The molecule has 2 rings (SSSR count). The lowest BCUT2D eigenvalue weighted by atomic mass is 9.83. The summed E-state index contributed by atoms with van der Waals surface area (Å²) in [6.45, 7) is 2.16. The monoisotopic (exact) mass is 298 g/mol. The van der Waals surface area contributed by atoms with E-state index < -0.39 is 22.2 Å². The highest BCUT2D eigenvalue weighted by molar-refractivity contribution is 5.62. The van der Waals surface area contributed by atoms with E-state index in [1.165, 1.54) is 6.42 Å². The Labute approximate surface area is 122 Å². The van der Waals surface area contributed by atoms with Crippen molar-refractivity contribution in [1.29, 1.82) is 0 Å². The summed E-state index contributed by atoms with van der Waals surface area (Å²) >= 11 is 0. The van der Waals surface area contributed by atoms with E-state index in [4.69, 9.17) is 0 Å². The maximum absolute atomic E-state index is 13.6. The number of nitrogens with zero attached hydrogens (tertiary/aromatic N) is 1. The van der Waals surface area contributed by atoms with Crippen LogP contribution in [-0.4, -0.2) is 11.0 Å². The van der Waals surface area contributed by atoms with Crippen molar-refractivity contribution in [1.82, 2.24) is 0 Å². The van der Waals surface area contributed by atoms with Crippen LogP contribution >= 0.6 is 0 Å². The summed E-state index contributed by atoms with van der Waals surface area (Å²) in [6, 6.07) is 1.58. The molecule has 1 aromatic carbocycles. The lowest BCUT2D eigenvalue weighted by Crippen LogP contribution is -2.26. The van der Waals surface area contributed by atoms with Crippen LogP contribution in [0, 0.1) is 27.7 Å². The average molecular weight is 298 g/mol. The van der Waals surface area contributed by atoms with Crippen LogP contribution in [0.2, 0.25) is 0 Å². The Bertz CT molecular complexity index is 515. The van der Waals surface area contributed by atoms with Gasteiger partial charge in [0.2, 0.25) is 5.82 Å². The highest BCUT2D eigenvalue weighted by Crippen LogP contribution is 2.33. The van der Waals surface area contributed by atoms with Crippen LogP contribution < -0.4 is 5.32 Å². The topological polar surface area (TPSA) is 55.2 Å². The number of anilines is 1. The fraction of sp³-hybridized carbons (Fsp3) is 0.600. The summed E-state index contributed by atoms with van der Waals surface area (Å²) in [5.41, 5.74) is -0.733. The van der Waals surface area contributed by atoms with E-state index >= 15 is 0 Å². The van der Waals surface area contributed by atoms with E-state index in [9.17, 15) is 18.9 Å². The quantitative estimate of drug-likeness (QED) is 0.636. The summed E-state index contributed by atoms with van der Waals surface area (Å²) in [6.07, 6.45) is 6.21. The molecule has 0 atom stereocenters. The third-order valence-corrected chi connectivity index (χ3v) is 4.11. The van der Waals surface area contributed by atoms with Crippen molar-refractivity contribution in [2.45, 2.75) is 51.5 Å². The number of rotatable bonds is 5. The van der Waals surface area contributed by atoms with Gasteiger partial charge in [0.25, 0.3) is 0 Å². The van der Waals surface area contributed by atoms with Crippen molar-refractivity contribution in [2.24, 2.45) is 5.92 Å². The van der Waals surface area contributed by atoms with Gasteiger partial charge in [-0.15, -0.1) is 0 Å². The van der Waals surface area contributed by atoms with Crippen LogP contribution in [0.25, 0.3) is 0 Å². The van der Waals surface area contributed by atoms with E-state index in [1.54, 1.807) is 0 Å². The second-order valence-electron chi connectivity index (χ2n) is 5.69.